The number of fused-ring (bicyclic) bond motifs is 7. The summed E-state index contributed by atoms with van der Waals surface area (Å²) in [5.74, 6) is 1.17. The van der Waals surface area contributed by atoms with Crippen LogP contribution in [0.2, 0.25) is 0 Å². The summed E-state index contributed by atoms with van der Waals surface area (Å²) in [5, 5.41) is 13.8. The van der Waals surface area contributed by atoms with Crippen LogP contribution in [0.5, 0.6) is 5.75 Å². The van der Waals surface area contributed by atoms with Crippen LogP contribution in [0.25, 0.3) is 5.57 Å². The lowest BCUT2D eigenvalue weighted by molar-refractivity contribution is -0.219. The minimum atomic E-state index is -0.573. The summed E-state index contributed by atoms with van der Waals surface area (Å²) in [6, 6.07) is 4.97. The monoisotopic (exact) mass is 663 g/mol. The number of benzene rings is 1. The number of alkyl carbamates (subject to hydrolysis) is 1. The maximum absolute atomic E-state index is 14.9. The second-order valence-electron chi connectivity index (χ2n) is 18.3. The van der Waals surface area contributed by atoms with Gasteiger partial charge in [0.05, 0.1) is 6.61 Å². The molecule has 1 aromatic rings. The molecule has 1 aromatic carbocycles. The third kappa shape index (κ3) is 5.19. The molecule has 5 aliphatic carbocycles. The minimum Gasteiger partial charge on any atom is -0.444 e. The summed E-state index contributed by atoms with van der Waals surface area (Å²) < 4.78 is 25.6. The number of halogens is 1. The van der Waals surface area contributed by atoms with Gasteiger partial charge in [0.1, 0.15) is 5.60 Å². The van der Waals surface area contributed by atoms with Crippen molar-refractivity contribution in [3.05, 3.63) is 47.8 Å². The first-order valence-corrected chi connectivity index (χ1v) is 18.3. The normalized spacial score (nSPS) is 39.9. The van der Waals surface area contributed by atoms with E-state index in [1.54, 1.807) is 6.07 Å². The SMILES string of the molecule is C=C(CO)[C@@H]1CC[C@]2(NC(=O)OC(C)(C)C)CC[C@]3(C)[C@H](CC[C@@H]4[C@@]5(C)CC=C(c6ccc(OC=O)c(F)c6)C(C)(C)[C@@H]5CC[C@]43C)[C@@H]12. The summed E-state index contributed by atoms with van der Waals surface area (Å²) in [5.41, 5.74) is 2.10. The fourth-order valence-corrected chi connectivity index (χ4v) is 12.8. The van der Waals surface area contributed by atoms with Gasteiger partial charge in [0.25, 0.3) is 6.47 Å². The topological polar surface area (TPSA) is 84.9 Å². The molecule has 2 N–H and O–H groups in total. The van der Waals surface area contributed by atoms with Gasteiger partial charge >= 0.3 is 6.09 Å². The fourth-order valence-electron chi connectivity index (χ4n) is 12.8. The number of carbonyl (C=O) groups is 2. The Morgan fingerprint density at radius 2 is 1.75 bits per heavy atom. The number of hydrogen-bond donors (Lipinski definition) is 2. The van der Waals surface area contributed by atoms with E-state index in [9.17, 15) is 19.1 Å². The van der Waals surface area contributed by atoms with Crippen molar-refractivity contribution in [1.82, 2.24) is 5.32 Å². The molecule has 0 spiro atoms. The van der Waals surface area contributed by atoms with Crippen LogP contribution >= 0.6 is 0 Å². The number of ether oxygens (including phenoxy) is 2. The summed E-state index contributed by atoms with van der Waals surface area (Å²) >= 11 is 0. The summed E-state index contributed by atoms with van der Waals surface area (Å²) in [6.45, 7) is 22.7. The Labute approximate surface area is 287 Å². The lowest BCUT2D eigenvalue weighted by Crippen LogP contribution is -2.68. The van der Waals surface area contributed by atoms with E-state index < -0.39 is 11.4 Å². The molecule has 0 heterocycles. The molecule has 0 bridgehead atoms. The minimum absolute atomic E-state index is 0.0206. The molecule has 7 heteroatoms. The Kier molecular flexibility index (Phi) is 8.57. The number of aliphatic hydroxyl groups is 1. The maximum Gasteiger partial charge on any atom is 0.408 e. The van der Waals surface area contributed by atoms with Crippen molar-refractivity contribution in [2.24, 2.45) is 51.2 Å². The van der Waals surface area contributed by atoms with Gasteiger partial charge in [-0.3, -0.25) is 4.79 Å². The average Bonchev–Trinajstić information content (AvgIpc) is 3.36. The van der Waals surface area contributed by atoms with Crippen LogP contribution in [-0.2, 0) is 9.53 Å². The molecule has 0 aromatic heterocycles. The van der Waals surface area contributed by atoms with Gasteiger partial charge in [0, 0.05) is 5.54 Å². The number of amides is 1. The molecule has 0 unspecified atom stereocenters. The predicted octanol–water partition coefficient (Wildman–Crippen LogP) is 9.26. The highest BCUT2D eigenvalue weighted by molar-refractivity contribution is 5.72. The first-order valence-electron chi connectivity index (χ1n) is 18.3. The Morgan fingerprint density at radius 3 is 2.40 bits per heavy atom. The molecule has 0 saturated heterocycles. The molecule has 4 fully saturated rings. The van der Waals surface area contributed by atoms with Crippen LogP contribution in [0.3, 0.4) is 0 Å². The standard InChI is InChI=1S/C41H58FNO5/c1-25(23-44)27-14-19-41(43-35(46)48-36(2,3)4)21-20-39(8)29(34(27)41)11-13-33-38(7)17-15-28(26-10-12-31(47-24-45)30(42)22-26)37(5,6)32(38)16-18-40(33,39)9/h10,12,15,22,24,27,29,32-34,44H,1,11,13-14,16-21,23H2,2-9H3,(H,43,46)/t27-,29+,32-,33+,34+,38-,39+,40+,41-/m0/s1. The highest BCUT2D eigenvalue weighted by Gasteiger charge is 2.70. The molecule has 1 amide bonds. The van der Waals surface area contributed by atoms with Gasteiger partial charge in [-0.2, -0.15) is 0 Å². The van der Waals surface area contributed by atoms with Crippen molar-refractivity contribution in [3.8, 4) is 5.75 Å². The third-order valence-electron chi connectivity index (χ3n) is 14.9. The summed E-state index contributed by atoms with van der Waals surface area (Å²) in [7, 11) is 0. The first-order chi connectivity index (χ1) is 22.4. The van der Waals surface area contributed by atoms with Crippen molar-refractivity contribution >= 4 is 18.1 Å². The van der Waals surface area contributed by atoms with E-state index in [2.05, 4.69) is 52.6 Å². The number of allylic oxidation sites excluding steroid dienone is 2. The van der Waals surface area contributed by atoms with Crippen molar-refractivity contribution in [2.45, 2.75) is 124 Å². The highest BCUT2D eigenvalue weighted by Crippen LogP contribution is 2.76. The molecule has 264 valence electrons. The summed E-state index contributed by atoms with van der Waals surface area (Å²) in [4.78, 5) is 24.2. The van der Waals surface area contributed by atoms with Crippen LogP contribution in [0.1, 0.15) is 119 Å². The number of rotatable bonds is 6. The van der Waals surface area contributed by atoms with E-state index >= 15 is 0 Å². The van der Waals surface area contributed by atoms with Gasteiger partial charge in [0.2, 0.25) is 0 Å². The zero-order chi connectivity index (χ0) is 35.1. The van der Waals surface area contributed by atoms with Crippen molar-refractivity contribution in [3.63, 3.8) is 0 Å². The van der Waals surface area contributed by atoms with Crippen molar-refractivity contribution in [2.75, 3.05) is 6.61 Å². The van der Waals surface area contributed by atoms with Gasteiger partial charge in [0.15, 0.2) is 11.6 Å². The highest BCUT2D eigenvalue weighted by atomic mass is 19.1. The average molecular weight is 664 g/mol. The quantitative estimate of drug-likeness (QED) is 0.234. The molecular weight excluding hydrogens is 605 g/mol. The Bertz CT molecular complexity index is 1510. The van der Waals surface area contributed by atoms with Crippen LogP contribution in [0, 0.1) is 57.1 Å². The van der Waals surface area contributed by atoms with Gasteiger partial charge in [-0.15, -0.1) is 0 Å². The van der Waals surface area contributed by atoms with Crippen molar-refractivity contribution < 1.29 is 28.6 Å². The number of carbonyl (C=O) groups excluding carboxylic acids is 2. The number of nitrogens with one attached hydrogen (secondary N) is 1. The molecule has 5 aliphatic rings. The van der Waals surface area contributed by atoms with E-state index in [0.29, 0.717) is 17.8 Å². The van der Waals surface area contributed by atoms with Gasteiger partial charge < -0.3 is 19.9 Å². The zero-order valence-corrected chi connectivity index (χ0v) is 30.5. The first kappa shape index (κ1) is 35.2. The summed E-state index contributed by atoms with van der Waals surface area (Å²) in [6.07, 6.45) is 11.2. The van der Waals surface area contributed by atoms with Crippen LogP contribution < -0.4 is 10.1 Å². The fraction of sp³-hybridized carbons (Fsp3) is 0.707. The molecule has 4 saturated carbocycles. The Morgan fingerprint density at radius 1 is 1.02 bits per heavy atom. The second-order valence-corrected chi connectivity index (χ2v) is 18.3. The van der Waals surface area contributed by atoms with E-state index in [0.717, 1.165) is 68.9 Å². The molecule has 48 heavy (non-hydrogen) atoms. The Balaban J connectivity index is 1.34. The Hall–Kier alpha value is -2.67. The zero-order valence-electron chi connectivity index (χ0n) is 30.5. The van der Waals surface area contributed by atoms with Gasteiger partial charge in [-0.1, -0.05) is 53.3 Å². The van der Waals surface area contributed by atoms with E-state index in [4.69, 9.17) is 9.47 Å². The second kappa shape index (κ2) is 11.7. The van der Waals surface area contributed by atoms with E-state index in [1.165, 1.54) is 11.6 Å². The van der Waals surface area contributed by atoms with E-state index in [-0.39, 0.29) is 64.0 Å². The van der Waals surface area contributed by atoms with Crippen LogP contribution in [0.4, 0.5) is 9.18 Å². The molecule has 9 atom stereocenters. The van der Waals surface area contributed by atoms with Gasteiger partial charge in [-0.05, 0) is 159 Å². The van der Waals surface area contributed by atoms with Crippen molar-refractivity contribution in [1.29, 1.82) is 0 Å². The third-order valence-corrected chi connectivity index (χ3v) is 14.9. The van der Waals surface area contributed by atoms with E-state index in [1.807, 2.05) is 26.8 Å². The molecule has 0 radical (unpaired) electrons. The maximum atomic E-state index is 14.9. The van der Waals surface area contributed by atoms with Gasteiger partial charge in [-0.25, -0.2) is 9.18 Å². The lowest BCUT2D eigenvalue weighted by Gasteiger charge is -2.72. The largest absolute Gasteiger partial charge is 0.444 e. The number of aliphatic hydroxyl groups excluding tert-OH is 1. The molecule has 6 rings (SSSR count). The number of hydrogen-bond acceptors (Lipinski definition) is 5. The molecule has 0 aliphatic heterocycles. The predicted molar refractivity (Wildman–Crippen MR) is 187 cm³/mol. The molecule has 6 nitrogen and oxygen atoms in total. The molecular formula is C41H58FNO5. The van der Waals surface area contributed by atoms with Crippen LogP contribution in [-0.4, -0.2) is 35.4 Å². The smallest absolute Gasteiger partial charge is 0.408 e. The van der Waals surface area contributed by atoms with Crippen LogP contribution in [0.15, 0.2) is 36.4 Å². The lowest BCUT2D eigenvalue weighted by atomic mass is 9.33.